The van der Waals surface area contributed by atoms with Crippen LogP contribution in [0.5, 0.6) is 5.75 Å². The molecule has 5 nitrogen and oxygen atoms in total. The molecule has 0 radical (unpaired) electrons. The third-order valence-corrected chi connectivity index (χ3v) is 2.92. The van der Waals surface area contributed by atoms with Crippen molar-refractivity contribution < 1.29 is 10.2 Å². The van der Waals surface area contributed by atoms with E-state index in [1.807, 2.05) is 0 Å². The van der Waals surface area contributed by atoms with Gasteiger partial charge in [-0.25, -0.2) is 0 Å². The predicted molar refractivity (Wildman–Crippen MR) is 67.4 cm³/mol. The van der Waals surface area contributed by atoms with E-state index in [2.05, 4.69) is 15.6 Å². The van der Waals surface area contributed by atoms with Crippen molar-refractivity contribution in [1.82, 2.24) is 15.6 Å². The van der Waals surface area contributed by atoms with Crippen molar-refractivity contribution in [2.75, 3.05) is 19.6 Å². The van der Waals surface area contributed by atoms with Crippen LogP contribution in [0.25, 0.3) is 0 Å². The number of aryl methyl sites for hydroxylation is 1. The van der Waals surface area contributed by atoms with E-state index < -0.39 is 0 Å². The maximum absolute atomic E-state index is 10.0. The molecule has 2 heterocycles. The van der Waals surface area contributed by atoms with Gasteiger partial charge in [0.2, 0.25) is 0 Å². The van der Waals surface area contributed by atoms with Gasteiger partial charge in [-0.15, -0.1) is 12.4 Å². The molecule has 1 aromatic rings. The van der Waals surface area contributed by atoms with Gasteiger partial charge in [-0.05, 0) is 6.92 Å². The van der Waals surface area contributed by atoms with Gasteiger partial charge in [-0.2, -0.15) is 0 Å². The topological polar surface area (TPSA) is 77.4 Å². The van der Waals surface area contributed by atoms with Gasteiger partial charge < -0.3 is 20.8 Å². The average Bonchev–Trinajstić information content (AvgIpc) is 2.33. The number of aliphatic hydroxyl groups is 1. The Balaban J connectivity index is 0.00000144. The summed E-state index contributed by atoms with van der Waals surface area (Å²) >= 11 is 0. The zero-order chi connectivity index (χ0) is 11.5. The monoisotopic (exact) mass is 259 g/mol. The van der Waals surface area contributed by atoms with Gasteiger partial charge in [0.1, 0.15) is 5.75 Å². The largest absolute Gasteiger partial charge is 0.506 e. The molecule has 0 amide bonds. The van der Waals surface area contributed by atoms with E-state index in [1.165, 1.54) is 0 Å². The van der Waals surface area contributed by atoms with Crippen LogP contribution in [-0.2, 0) is 6.61 Å². The third kappa shape index (κ3) is 2.87. The van der Waals surface area contributed by atoms with Crippen LogP contribution in [0.2, 0.25) is 0 Å². The second-order valence-corrected chi connectivity index (χ2v) is 4.00. The predicted octanol–water partition coefficient (Wildman–Crippen LogP) is 0.244. The maximum Gasteiger partial charge on any atom is 0.141 e. The number of pyridine rings is 1. The zero-order valence-corrected chi connectivity index (χ0v) is 10.5. The summed E-state index contributed by atoms with van der Waals surface area (Å²) in [6.07, 6.45) is 1.63. The molecule has 0 saturated carbocycles. The van der Waals surface area contributed by atoms with Crippen molar-refractivity contribution in [1.29, 1.82) is 0 Å². The zero-order valence-electron chi connectivity index (χ0n) is 9.73. The molecule has 2 rings (SSSR count). The van der Waals surface area contributed by atoms with Crippen molar-refractivity contribution >= 4 is 12.4 Å². The molecule has 0 unspecified atom stereocenters. The normalized spacial score (nSPS) is 19.8. The van der Waals surface area contributed by atoms with E-state index in [0.717, 1.165) is 25.2 Å². The Morgan fingerprint density at radius 2 is 2.24 bits per heavy atom. The summed E-state index contributed by atoms with van der Waals surface area (Å²) in [5, 5.41) is 25.9. The highest BCUT2D eigenvalue weighted by Gasteiger charge is 2.22. The summed E-state index contributed by atoms with van der Waals surface area (Å²) in [5.41, 5.74) is 2.05. The first kappa shape index (κ1) is 14.2. The SMILES string of the molecule is Cc1ncc(CO)c([C@@H]2CNCCN2)c1O.Cl. The van der Waals surface area contributed by atoms with Gasteiger partial charge in [0.25, 0.3) is 0 Å². The molecule has 0 aromatic carbocycles. The first-order valence-electron chi connectivity index (χ1n) is 5.46. The number of halogens is 1. The van der Waals surface area contributed by atoms with Crippen molar-refractivity contribution in [3.63, 3.8) is 0 Å². The minimum absolute atomic E-state index is 0. The molecule has 6 heteroatoms. The Hall–Kier alpha value is -0.880. The highest BCUT2D eigenvalue weighted by molar-refractivity contribution is 5.85. The molecule has 1 aliphatic heterocycles. The van der Waals surface area contributed by atoms with Crippen LogP contribution in [0, 0.1) is 6.92 Å². The van der Waals surface area contributed by atoms with Crippen LogP contribution >= 0.6 is 12.4 Å². The van der Waals surface area contributed by atoms with Crippen molar-refractivity contribution in [3.05, 3.63) is 23.0 Å². The molecule has 0 spiro atoms. The summed E-state index contributed by atoms with van der Waals surface area (Å²) in [6.45, 7) is 4.20. The first-order valence-corrected chi connectivity index (χ1v) is 5.46. The Labute approximate surface area is 107 Å². The van der Waals surface area contributed by atoms with Crippen LogP contribution in [0.1, 0.15) is 22.9 Å². The molecule has 1 atom stereocenters. The summed E-state index contributed by atoms with van der Waals surface area (Å²) in [5.74, 6) is 0.188. The molecule has 0 bridgehead atoms. The van der Waals surface area contributed by atoms with Gasteiger partial charge in [-0.1, -0.05) is 0 Å². The Kier molecular flexibility index (Phi) is 5.14. The average molecular weight is 260 g/mol. The van der Waals surface area contributed by atoms with E-state index in [-0.39, 0.29) is 30.8 Å². The number of aromatic hydroxyl groups is 1. The second-order valence-electron chi connectivity index (χ2n) is 4.00. The molecule has 17 heavy (non-hydrogen) atoms. The number of nitrogens with zero attached hydrogens (tertiary/aromatic N) is 1. The van der Waals surface area contributed by atoms with Crippen molar-refractivity contribution in [2.45, 2.75) is 19.6 Å². The molecule has 1 aliphatic rings. The summed E-state index contributed by atoms with van der Waals surface area (Å²) < 4.78 is 0. The molecule has 0 aliphatic carbocycles. The summed E-state index contributed by atoms with van der Waals surface area (Å²) in [6, 6.07) is 0.0394. The van der Waals surface area contributed by atoms with Crippen LogP contribution in [0.3, 0.4) is 0 Å². The van der Waals surface area contributed by atoms with Crippen LogP contribution in [-0.4, -0.2) is 34.8 Å². The van der Waals surface area contributed by atoms with Gasteiger partial charge in [0.05, 0.1) is 12.3 Å². The number of aliphatic hydroxyl groups excluding tert-OH is 1. The van der Waals surface area contributed by atoms with Crippen LogP contribution in [0.15, 0.2) is 6.20 Å². The van der Waals surface area contributed by atoms with E-state index in [0.29, 0.717) is 11.3 Å². The van der Waals surface area contributed by atoms with Crippen molar-refractivity contribution in [2.24, 2.45) is 0 Å². The van der Waals surface area contributed by atoms with Gasteiger partial charge >= 0.3 is 0 Å². The second kappa shape index (κ2) is 6.16. The van der Waals surface area contributed by atoms with Gasteiger partial charge in [0, 0.05) is 43.0 Å². The minimum atomic E-state index is -0.103. The maximum atomic E-state index is 10.0. The lowest BCUT2D eigenvalue weighted by atomic mass is 9.99. The van der Waals surface area contributed by atoms with E-state index >= 15 is 0 Å². The number of hydrogen-bond acceptors (Lipinski definition) is 5. The molecule has 1 aromatic heterocycles. The van der Waals surface area contributed by atoms with Gasteiger partial charge in [0.15, 0.2) is 0 Å². The molecular weight excluding hydrogens is 242 g/mol. The number of rotatable bonds is 2. The first-order chi connectivity index (χ1) is 7.74. The Morgan fingerprint density at radius 3 is 2.82 bits per heavy atom. The quantitative estimate of drug-likeness (QED) is 0.612. The molecule has 4 N–H and O–H groups in total. The molecule has 96 valence electrons. The lowest BCUT2D eigenvalue weighted by Gasteiger charge is -2.27. The Bertz CT molecular complexity index is 381. The molecule has 1 saturated heterocycles. The van der Waals surface area contributed by atoms with Crippen molar-refractivity contribution in [3.8, 4) is 5.75 Å². The van der Waals surface area contributed by atoms with E-state index in [9.17, 15) is 10.2 Å². The minimum Gasteiger partial charge on any atom is -0.506 e. The van der Waals surface area contributed by atoms with E-state index in [1.54, 1.807) is 13.1 Å². The highest BCUT2D eigenvalue weighted by Crippen LogP contribution is 2.30. The molecular formula is C11H18ClN3O2. The van der Waals surface area contributed by atoms with Crippen LogP contribution < -0.4 is 10.6 Å². The summed E-state index contributed by atoms with van der Waals surface area (Å²) in [7, 11) is 0. The fourth-order valence-corrected chi connectivity index (χ4v) is 2.02. The summed E-state index contributed by atoms with van der Waals surface area (Å²) in [4.78, 5) is 4.05. The lowest BCUT2D eigenvalue weighted by Crippen LogP contribution is -2.43. The fraction of sp³-hybridized carbons (Fsp3) is 0.545. The van der Waals surface area contributed by atoms with Gasteiger partial charge in [-0.3, -0.25) is 4.98 Å². The third-order valence-electron chi connectivity index (χ3n) is 2.92. The smallest absolute Gasteiger partial charge is 0.141 e. The number of piperazine rings is 1. The number of hydrogen-bond donors (Lipinski definition) is 4. The standard InChI is InChI=1S/C11H17N3O2.ClH/c1-7-11(16)10(8(6-15)4-14-7)9-5-12-2-3-13-9;/h4,9,12-13,15-16H,2-3,5-6H2,1H3;1H/t9-;/m0./s1. The highest BCUT2D eigenvalue weighted by atomic mass is 35.5. The Morgan fingerprint density at radius 1 is 1.47 bits per heavy atom. The fourth-order valence-electron chi connectivity index (χ4n) is 2.02. The lowest BCUT2D eigenvalue weighted by molar-refractivity contribution is 0.276. The number of aromatic nitrogens is 1. The number of nitrogens with one attached hydrogen (secondary N) is 2. The van der Waals surface area contributed by atoms with Crippen LogP contribution in [0.4, 0.5) is 0 Å². The van der Waals surface area contributed by atoms with E-state index in [4.69, 9.17) is 0 Å². The molecule has 1 fully saturated rings.